The van der Waals surface area contributed by atoms with Crippen molar-refractivity contribution in [1.29, 1.82) is 0 Å². The predicted octanol–water partition coefficient (Wildman–Crippen LogP) is 2.50. The topological polar surface area (TPSA) is 39.8 Å². The van der Waals surface area contributed by atoms with Gasteiger partial charge in [-0.15, -0.1) is 0 Å². The van der Waals surface area contributed by atoms with Crippen LogP contribution < -0.4 is 5.69 Å². The molecule has 0 bridgehead atoms. The Morgan fingerprint density at radius 3 is 2.76 bits per heavy atom. The number of aromatic nitrogens is 3. The molecule has 0 unspecified atom stereocenters. The lowest BCUT2D eigenvalue weighted by Gasteiger charge is -2.10. The first-order valence-electron chi connectivity index (χ1n) is 5.91. The predicted molar refractivity (Wildman–Crippen MR) is 67.5 cm³/mol. The zero-order valence-corrected chi connectivity index (χ0v) is 10.4. The minimum atomic E-state index is 0.0379. The molecule has 17 heavy (non-hydrogen) atoms. The number of hydrogen-bond donors (Lipinski definition) is 0. The van der Waals surface area contributed by atoms with E-state index in [1.807, 2.05) is 4.57 Å². The molecule has 0 aliphatic heterocycles. The third kappa shape index (κ3) is 1.59. The lowest BCUT2D eigenvalue weighted by molar-refractivity contribution is 0.509. The molecule has 4 nitrogen and oxygen atoms in total. The van der Waals surface area contributed by atoms with E-state index in [0.717, 1.165) is 23.9 Å². The van der Waals surface area contributed by atoms with Crippen molar-refractivity contribution in [1.82, 2.24) is 14.1 Å². The van der Waals surface area contributed by atoms with Gasteiger partial charge in [-0.25, -0.2) is 9.78 Å². The first-order chi connectivity index (χ1) is 8.18. The van der Waals surface area contributed by atoms with Crippen LogP contribution in [-0.2, 0) is 7.05 Å². The number of nitrogens with zero attached hydrogens (tertiary/aromatic N) is 3. The third-order valence-electron chi connectivity index (χ3n) is 3.63. The fourth-order valence-electron chi connectivity index (χ4n) is 2.75. The molecule has 0 radical (unpaired) electrons. The second-order valence-electron chi connectivity index (χ2n) is 4.65. The van der Waals surface area contributed by atoms with E-state index in [1.54, 1.807) is 23.9 Å². The van der Waals surface area contributed by atoms with Crippen LogP contribution in [0.25, 0.3) is 11.0 Å². The van der Waals surface area contributed by atoms with Crippen LogP contribution in [0.5, 0.6) is 0 Å². The Morgan fingerprint density at radius 1 is 1.35 bits per heavy atom. The van der Waals surface area contributed by atoms with Gasteiger partial charge in [0.1, 0.15) is 5.15 Å². The van der Waals surface area contributed by atoms with Crippen molar-refractivity contribution in [3.05, 3.63) is 27.9 Å². The lowest BCUT2D eigenvalue weighted by Crippen LogP contribution is -2.24. The highest BCUT2D eigenvalue weighted by molar-refractivity contribution is 6.29. The molecule has 0 aromatic carbocycles. The molecule has 3 rings (SSSR count). The van der Waals surface area contributed by atoms with Crippen molar-refractivity contribution >= 4 is 22.6 Å². The number of imidazole rings is 1. The Hall–Kier alpha value is -1.29. The molecular formula is C12H14ClN3O. The van der Waals surface area contributed by atoms with Crippen molar-refractivity contribution < 1.29 is 0 Å². The standard InChI is InChI=1S/C12H14ClN3O/c1-15-10-7-14-11(13)6-9(10)16(12(15)17)8-4-2-3-5-8/h6-8H,2-5H2,1H3. The molecule has 1 aliphatic carbocycles. The van der Waals surface area contributed by atoms with E-state index in [9.17, 15) is 4.79 Å². The maximum atomic E-state index is 12.2. The van der Waals surface area contributed by atoms with Crippen LogP contribution in [0.15, 0.2) is 17.1 Å². The Labute approximate surface area is 104 Å². The molecule has 5 heteroatoms. The molecule has 0 N–H and O–H groups in total. The van der Waals surface area contributed by atoms with Gasteiger partial charge < -0.3 is 0 Å². The zero-order chi connectivity index (χ0) is 12.0. The summed E-state index contributed by atoms with van der Waals surface area (Å²) in [6.45, 7) is 0. The molecule has 2 heterocycles. The summed E-state index contributed by atoms with van der Waals surface area (Å²) in [5.74, 6) is 0. The van der Waals surface area contributed by atoms with Gasteiger partial charge in [0.15, 0.2) is 0 Å². The summed E-state index contributed by atoms with van der Waals surface area (Å²) in [5.41, 5.74) is 1.80. The Morgan fingerprint density at radius 2 is 2.06 bits per heavy atom. The molecule has 0 amide bonds. The van der Waals surface area contributed by atoms with E-state index >= 15 is 0 Å². The van der Waals surface area contributed by atoms with Gasteiger partial charge in [-0.1, -0.05) is 24.4 Å². The highest BCUT2D eigenvalue weighted by Gasteiger charge is 2.22. The van der Waals surface area contributed by atoms with Gasteiger partial charge in [-0.2, -0.15) is 0 Å². The zero-order valence-electron chi connectivity index (χ0n) is 9.69. The third-order valence-corrected chi connectivity index (χ3v) is 3.84. The Kier molecular flexibility index (Phi) is 2.47. The number of halogens is 1. The summed E-state index contributed by atoms with van der Waals surface area (Å²) < 4.78 is 3.53. The first kappa shape index (κ1) is 10.8. The SMILES string of the molecule is Cn1c(=O)n(C2CCCC2)c2cc(Cl)ncc21. The first-order valence-corrected chi connectivity index (χ1v) is 6.29. The molecule has 0 spiro atoms. The van der Waals surface area contributed by atoms with Gasteiger partial charge >= 0.3 is 5.69 Å². The van der Waals surface area contributed by atoms with Crippen LogP contribution in [0.1, 0.15) is 31.7 Å². The normalized spacial score (nSPS) is 17.1. The van der Waals surface area contributed by atoms with Crippen LogP contribution in [0, 0.1) is 0 Å². The summed E-state index contributed by atoms with van der Waals surface area (Å²) in [5, 5.41) is 0.440. The van der Waals surface area contributed by atoms with Crippen molar-refractivity contribution in [2.24, 2.45) is 7.05 Å². The van der Waals surface area contributed by atoms with Gasteiger partial charge in [-0.3, -0.25) is 9.13 Å². The van der Waals surface area contributed by atoms with Crippen LogP contribution in [0.4, 0.5) is 0 Å². The average Bonchev–Trinajstić information content (AvgIpc) is 2.88. The average molecular weight is 252 g/mol. The number of aryl methyl sites for hydroxylation is 1. The Balaban J connectivity index is 2.31. The minimum Gasteiger partial charge on any atom is -0.293 e. The maximum absolute atomic E-state index is 12.2. The van der Waals surface area contributed by atoms with E-state index in [1.165, 1.54) is 12.8 Å². The van der Waals surface area contributed by atoms with Crippen LogP contribution in [0.3, 0.4) is 0 Å². The molecule has 1 fully saturated rings. The monoisotopic (exact) mass is 251 g/mol. The van der Waals surface area contributed by atoms with E-state index < -0.39 is 0 Å². The van der Waals surface area contributed by atoms with Gasteiger partial charge in [0.25, 0.3) is 0 Å². The van der Waals surface area contributed by atoms with E-state index in [2.05, 4.69) is 4.98 Å². The molecule has 0 saturated heterocycles. The number of fused-ring (bicyclic) bond motifs is 1. The smallest absolute Gasteiger partial charge is 0.293 e. The van der Waals surface area contributed by atoms with Gasteiger partial charge in [0.05, 0.1) is 17.2 Å². The quantitative estimate of drug-likeness (QED) is 0.731. The van der Waals surface area contributed by atoms with E-state index in [0.29, 0.717) is 11.2 Å². The van der Waals surface area contributed by atoms with Crippen molar-refractivity contribution in [3.8, 4) is 0 Å². The van der Waals surface area contributed by atoms with Crippen molar-refractivity contribution in [2.45, 2.75) is 31.7 Å². The van der Waals surface area contributed by atoms with Gasteiger partial charge in [0, 0.05) is 19.2 Å². The number of pyridine rings is 1. The van der Waals surface area contributed by atoms with Crippen LogP contribution in [0.2, 0.25) is 5.15 Å². The fraction of sp³-hybridized carbons (Fsp3) is 0.500. The summed E-state index contributed by atoms with van der Waals surface area (Å²) in [4.78, 5) is 16.3. The minimum absolute atomic E-state index is 0.0379. The highest BCUT2D eigenvalue weighted by atomic mass is 35.5. The van der Waals surface area contributed by atoms with Crippen LogP contribution in [-0.4, -0.2) is 14.1 Å². The van der Waals surface area contributed by atoms with Crippen molar-refractivity contribution in [3.63, 3.8) is 0 Å². The summed E-state index contributed by atoms with van der Waals surface area (Å²) in [7, 11) is 1.78. The summed E-state index contributed by atoms with van der Waals surface area (Å²) in [6, 6.07) is 2.11. The second kappa shape index (κ2) is 3.88. The largest absolute Gasteiger partial charge is 0.329 e. The molecule has 2 aromatic rings. The maximum Gasteiger partial charge on any atom is 0.329 e. The van der Waals surface area contributed by atoms with E-state index in [-0.39, 0.29) is 5.69 Å². The van der Waals surface area contributed by atoms with Crippen LogP contribution >= 0.6 is 11.6 Å². The second-order valence-corrected chi connectivity index (χ2v) is 5.03. The number of rotatable bonds is 1. The van der Waals surface area contributed by atoms with Gasteiger partial charge in [0.2, 0.25) is 0 Å². The Bertz CT molecular complexity index is 622. The summed E-state index contributed by atoms with van der Waals surface area (Å²) in [6.07, 6.45) is 6.24. The fourth-order valence-corrected chi connectivity index (χ4v) is 2.90. The van der Waals surface area contributed by atoms with Crippen molar-refractivity contribution in [2.75, 3.05) is 0 Å². The van der Waals surface area contributed by atoms with Gasteiger partial charge in [-0.05, 0) is 12.8 Å². The lowest BCUT2D eigenvalue weighted by atomic mass is 10.2. The summed E-state index contributed by atoms with van der Waals surface area (Å²) >= 11 is 5.92. The van der Waals surface area contributed by atoms with E-state index in [4.69, 9.17) is 11.6 Å². The molecule has 2 aromatic heterocycles. The molecular weight excluding hydrogens is 238 g/mol. The highest BCUT2D eigenvalue weighted by Crippen LogP contribution is 2.31. The number of hydrogen-bond acceptors (Lipinski definition) is 2. The molecule has 90 valence electrons. The molecule has 0 atom stereocenters. The molecule has 1 saturated carbocycles. The molecule has 1 aliphatic rings.